The first-order chi connectivity index (χ1) is 14.2. The van der Waals surface area contributed by atoms with E-state index in [1.54, 1.807) is 6.29 Å². The van der Waals surface area contributed by atoms with E-state index in [4.69, 9.17) is 0 Å². The molecule has 2 amide bonds. The summed E-state index contributed by atoms with van der Waals surface area (Å²) >= 11 is 0. The highest BCUT2D eigenvalue weighted by Crippen LogP contribution is 2.13. The van der Waals surface area contributed by atoms with Gasteiger partial charge in [0.05, 0.1) is 0 Å². The minimum atomic E-state index is -0.146. The van der Waals surface area contributed by atoms with Crippen molar-refractivity contribution in [3.05, 3.63) is 0 Å². The van der Waals surface area contributed by atoms with Gasteiger partial charge in [-0.1, -0.05) is 96.8 Å². The van der Waals surface area contributed by atoms with Gasteiger partial charge >= 0.3 is 0 Å². The molecule has 0 fully saturated rings. The van der Waals surface area contributed by atoms with E-state index in [1.807, 2.05) is 0 Å². The van der Waals surface area contributed by atoms with Crippen LogP contribution in [-0.2, 0) is 14.4 Å². The molecule has 0 bridgehead atoms. The van der Waals surface area contributed by atoms with E-state index >= 15 is 0 Å². The van der Waals surface area contributed by atoms with Crippen LogP contribution in [0.3, 0.4) is 0 Å². The van der Waals surface area contributed by atoms with E-state index in [1.165, 1.54) is 83.5 Å². The normalized spacial score (nSPS) is 10.7. The Balaban J connectivity index is 3.23. The molecule has 0 saturated heterocycles. The van der Waals surface area contributed by atoms with E-state index in [0.717, 1.165) is 12.8 Å². The fourth-order valence-electron chi connectivity index (χ4n) is 3.40. The Morgan fingerprint density at radius 1 is 0.586 bits per heavy atom. The maximum atomic E-state index is 11.7. The zero-order chi connectivity index (χ0) is 21.4. The third-order valence-corrected chi connectivity index (χ3v) is 5.23. The number of carbonyl (C=O) groups excluding carboxylic acids is 3. The number of hydrogen-bond donors (Lipinski definition) is 2. The van der Waals surface area contributed by atoms with Crippen LogP contribution in [0.5, 0.6) is 0 Å². The van der Waals surface area contributed by atoms with Gasteiger partial charge in [-0.25, -0.2) is 0 Å². The Labute approximate surface area is 179 Å². The number of hydrogen-bond acceptors (Lipinski definition) is 3. The third-order valence-electron chi connectivity index (χ3n) is 5.23. The van der Waals surface area contributed by atoms with E-state index in [0.29, 0.717) is 19.5 Å². The summed E-state index contributed by atoms with van der Waals surface area (Å²) < 4.78 is 0. The van der Waals surface area contributed by atoms with Gasteiger partial charge < -0.3 is 10.6 Å². The molecule has 2 N–H and O–H groups in total. The van der Waals surface area contributed by atoms with Gasteiger partial charge in [0.15, 0.2) is 6.29 Å². The zero-order valence-corrected chi connectivity index (χ0v) is 18.9. The van der Waals surface area contributed by atoms with Crippen molar-refractivity contribution in [2.24, 2.45) is 0 Å². The van der Waals surface area contributed by atoms with E-state index < -0.39 is 0 Å². The molecular formula is C24H45N2O3. The number of nitrogens with one attached hydrogen (secondary N) is 2. The van der Waals surface area contributed by atoms with Crippen molar-refractivity contribution in [3.8, 4) is 0 Å². The van der Waals surface area contributed by atoms with Crippen molar-refractivity contribution in [3.63, 3.8) is 0 Å². The lowest BCUT2D eigenvalue weighted by atomic mass is 10.0. The van der Waals surface area contributed by atoms with Crippen LogP contribution in [0.25, 0.3) is 0 Å². The molecule has 0 unspecified atom stereocenters. The highest BCUT2D eigenvalue weighted by atomic mass is 16.2. The molecule has 0 spiro atoms. The molecular weight excluding hydrogens is 364 g/mol. The third kappa shape index (κ3) is 22.8. The van der Waals surface area contributed by atoms with Crippen LogP contribution in [0.4, 0.5) is 0 Å². The summed E-state index contributed by atoms with van der Waals surface area (Å²) in [6.07, 6.45) is 22.5. The summed E-state index contributed by atoms with van der Waals surface area (Å²) in [6, 6.07) is 0. The Bertz CT molecular complexity index is 400. The maximum Gasteiger partial charge on any atom is 0.221 e. The summed E-state index contributed by atoms with van der Waals surface area (Å²) in [5.41, 5.74) is 0. The van der Waals surface area contributed by atoms with Gasteiger partial charge in [-0.05, 0) is 6.42 Å². The van der Waals surface area contributed by atoms with Crippen LogP contribution in [-0.4, -0.2) is 31.2 Å². The first-order valence-electron chi connectivity index (χ1n) is 12.1. The summed E-state index contributed by atoms with van der Waals surface area (Å²) in [5, 5.41) is 5.38. The molecule has 0 aromatic carbocycles. The second-order valence-corrected chi connectivity index (χ2v) is 8.04. The van der Waals surface area contributed by atoms with Crippen molar-refractivity contribution >= 4 is 18.1 Å². The van der Waals surface area contributed by atoms with Gasteiger partial charge in [0.25, 0.3) is 0 Å². The second kappa shape index (κ2) is 22.9. The second-order valence-electron chi connectivity index (χ2n) is 8.04. The standard InChI is InChI=1S/C24H45N2O3/c1-2-3-4-5-6-7-8-9-10-11-12-13-14-15-16-18-23(28)26-21-19-24(29)25-20-17-22-27/h2-21H2,1H3,(H,25,29)(H,26,28). The monoisotopic (exact) mass is 409 g/mol. The molecule has 169 valence electrons. The van der Waals surface area contributed by atoms with Crippen molar-refractivity contribution < 1.29 is 14.4 Å². The first-order valence-corrected chi connectivity index (χ1v) is 12.1. The van der Waals surface area contributed by atoms with Gasteiger partial charge in [-0.2, -0.15) is 0 Å². The SMILES string of the molecule is CCCCCCCCCCCCCCCCCC(=O)NCCC(=O)NCC[C]=O. The van der Waals surface area contributed by atoms with Gasteiger partial charge in [-0.15, -0.1) is 0 Å². The summed E-state index contributed by atoms with van der Waals surface area (Å²) in [5.74, 6) is -0.124. The van der Waals surface area contributed by atoms with Crippen LogP contribution in [0.15, 0.2) is 0 Å². The van der Waals surface area contributed by atoms with Gasteiger partial charge in [0, 0.05) is 32.4 Å². The zero-order valence-electron chi connectivity index (χ0n) is 18.9. The number of rotatable bonds is 22. The molecule has 0 aromatic heterocycles. The lowest BCUT2D eigenvalue weighted by Gasteiger charge is -2.06. The first kappa shape index (κ1) is 27.6. The highest BCUT2D eigenvalue weighted by Gasteiger charge is 2.04. The Morgan fingerprint density at radius 2 is 1.00 bits per heavy atom. The minimum Gasteiger partial charge on any atom is -0.356 e. The number of amides is 2. The fraction of sp³-hybridized carbons (Fsp3) is 0.875. The summed E-state index contributed by atoms with van der Waals surface area (Å²) in [4.78, 5) is 33.2. The fourth-order valence-corrected chi connectivity index (χ4v) is 3.40. The summed E-state index contributed by atoms with van der Waals surface area (Å²) in [6.45, 7) is 2.94. The van der Waals surface area contributed by atoms with Crippen LogP contribution >= 0.6 is 0 Å². The van der Waals surface area contributed by atoms with Crippen molar-refractivity contribution in [2.45, 2.75) is 122 Å². The molecule has 0 heterocycles. The molecule has 0 aliphatic rings. The molecule has 0 aromatic rings. The van der Waals surface area contributed by atoms with Crippen molar-refractivity contribution in [2.75, 3.05) is 13.1 Å². The lowest BCUT2D eigenvalue weighted by molar-refractivity contribution is -0.122. The van der Waals surface area contributed by atoms with Crippen LogP contribution in [0.2, 0.25) is 0 Å². The molecule has 0 aliphatic heterocycles. The Morgan fingerprint density at radius 3 is 1.48 bits per heavy atom. The molecule has 0 rings (SSSR count). The highest BCUT2D eigenvalue weighted by molar-refractivity contribution is 5.79. The van der Waals surface area contributed by atoms with Crippen LogP contribution in [0.1, 0.15) is 122 Å². The Kier molecular flexibility index (Phi) is 21.8. The molecule has 5 nitrogen and oxygen atoms in total. The van der Waals surface area contributed by atoms with Crippen LogP contribution < -0.4 is 10.6 Å². The summed E-state index contributed by atoms with van der Waals surface area (Å²) in [7, 11) is 0. The molecule has 5 heteroatoms. The predicted molar refractivity (Wildman–Crippen MR) is 120 cm³/mol. The smallest absolute Gasteiger partial charge is 0.221 e. The molecule has 0 atom stereocenters. The van der Waals surface area contributed by atoms with E-state index in [9.17, 15) is 14.4 Å². The quantitative estimate of drug-likeness (QED) is 0.236. The van der Waals surface area contributed by atoms with Crippen molar-refractivity contribution in [1.82, 2.24) is 10.6 Å². The molecule has 0 saturated carbocycles. The van der Waals surface area contributed by atoms with Crippen molar-refractivity contribution in [1.29, 1.82) is 0 Å². The molecule has 1 radical (unpaired) electrons. The Hall–Kier alpha value is -1.39. The predicted octanol–water partition coefficient (Wildman–Crippen LogP) is 5.37. The average Bonchev–Trinajstić information content (AvgIpc) is 2.71. The minimum absolute atomic E-state index is 0.0220. The van der Waals surface area contributed by atoms with Gasteiger partial charge in [0.2, 0.25) is 11.8 Å². The van der Waals surface area contributed by atoms with E-state index in [-0.39, 0.29) is 24.7 Å². The largest absolute Gasteiger partial charge is 0.356 e. The average molecular weight is 410 g/mol. The number of carbonyl (C=O) groups is 2. The van der Waals surface area contributed by atoms with Gasteiger partial charge in [-0.3, -0.25) is 14.4 Å². The molecule has 0 aliphatic carbocycles. The lowest BCUT2D eigenvalue weighted by Crippen LogP contribution is -2.31. The molecule has 29 heavy (non-hydrogen) atoms. The topological polar surface area (TPSA) is 75.3 Å². The van der Waals surface area contributed by atoms with Gasteiger partial charge in [0.1, 0.15) is 0 Å². The number of unbranched alkanes of at least 4 members (excludes halogenated alkanes) is 14. The maximum absolute atomic E-state index is 11.7. The van der Waals surface area contributed by atoms with E-state index in [2.05, 4.69) is 17.6 Å². The van der Waals surface area contributed by atoms with Crippen LogP contribution in [0, 0.1) is 0 Å².